The van der Waals surface area contributed by atoms with Crippen molar-refractivity contribution < 1.29 is 13.9 Å². The Morgan fingerprint density at radius 3 is 2.80 bits per heavy atom. The van der Waals surface area contributed by atoms with Crippen LogP contribution in [0.3, 0.4) is 0 Å². The highest BCUT2D eigenvalue weighted by atomic mass is 16.5. The zero-order chi connectivity index (χ0) is 14.4. The lowest BCUT2D eigenvalue weighted by atomic mass is 10.2. The van der Waals surface area contributed by atoms with Gasteiger partial charge in [-0.3, -0.25) is 4.90 Å². The molecule has 1 aliphatic rings. The lowest BCUT2D eigenvalue weighted by molar-refractivity contribution is 0.0387. The van der Waals surface area contributed by atoms with Gasteiger partial charge in [-0.25, -0.2) is 4.79 Å². The molecule has 0 aliphatic carbocycles. The van der Waals surface area contributed by atoms with Crippen molar-refractivity contribution in [1.82, 2.24) is 15.5 Å². The molecule has 2 N–H and O–H groups in total. The molecular formula is C14H23N3O3. The van der Waals surface area contributed by atoms with Crippen LogP contribution in [0.15, 0.2) is 16.5 Å². The summed E-state index contributed by atoms with van der Waals surface area (Å²) in [5.41, 5.74) is 0. The number of ether oxygens (including phenoxy) is 1. The van der Waals surface area contributed by atoms with Crippen LogP contribution in [0.4, 0.5) is 4.79 Å². The molecule has 0 spiro atoms. The summed E-state index contributed by atoms with van der Waals surface area (Å²) in [6.45, 7) is 8.71. The van der Waals surface area contributed by atoms with Crippen molar-refractivity contribution in [3.8, 4) is 0 Å². The van der Waals surface area contributed by atoms with Crippen LogP contribution in [-0.4, -0.2) is 50.3 Å². The number of urea groups is 1. The van der Waals surface area contributed by atoms with Gasteiger partial charge in [-0.2, -0.15) is 0 Å². The Hall–Kier alpha value is -1.53. The highest BCUT2D eigenvalue weighted by Gasteiger charge is 2.13. The first-order valence-electron chi connectivity index (χ1n) is 7.06. The van der Waals surface area contributed by atoms with Crippen molar-refractivity contribution in [3.05, 3.63) is 23.7 Å². The van der Waals surface area contributed by atoms with Gasteiger partial charge in [0.2, 0.25) is 0 Å². The molecule has 0 aromatic carbocycles. The molecule has 1 atom stereocenters. The van der Waals surface area contributed by atoms with E-state index in [1.54, 1.807) is 0 Å². The first kappa shape index (κ1) is 14.9. The summed E-state index contributed by atoms with van der Waals surface area (Å²) in [7, 11) is 0. The molecule has 2 rings (SSSR count). The minimum Gasteiger partial charge on any atom is -0.464 e. The molecule has 1 saturated heterocycles. The summed E-state index contributed by atoms with van der Waals surface area (Å²) >= 11 is 0. The number of rotatable bonds is 5. The monoisotopic (exact) mass is 281 g/mol. The minimum absolute atomic E-state index is 0.132. The number of aryl methyl sites for hydroxylation is 1. The summed E-state index contributed by atoms with van der Waals surface area (Å²) in [5, 5.41) is 5.72. The van der Waals surface area contributed by atoms with Crippen molar-refractivity contribution in [2.24, 2.45) is 0 Å². The molecule has 6 heteroatoms. The van der Waals surface area contributed by atoms with Gasteiger partial charge < -0.3 is 19.8 Å². The number of carbonyl (C=O) groups is 1. The topological polar surface area (TPSA) is 66.7 Å². The van der Waals surface area contributed by atoms with E-state index < -0.39 is 0 Å². The Kier molecular flexibility index (Phi) is 5.43. The quantitative estimate of drug-likeness (QED) is 0.853. The van der Waals surface area contributed by atoms with Gasteiger partial charge in [0.05, 0.1) is 19.3 Å². The average molecular weight is 281 g/mol. The van der Waals surface area contributed by atoms with Gasteiger partial charge in [-0.05, 0) is 26.0 Å². The fraction of sp³-hybridized carbons (Fsp3) is 0.643. The van der Waals surface area contributed by atoms with Crippen LogP contribution in [-0.2, 0) is 4.74 Å². The molecule has 1 aromatic heterocycles. The van der Waals surface area contributed by atoms with E-state index in [0.29, 0.717) is 6.54 Å². The second kappa shape index (κ2) is 7.31. The van der Waals surface area contributed by atoms with Gasteiger partial charge in [0.15, 0.2) is 0 Å². The fourth-order valence-corrected chi connectivity index (χ4v) is 2.16. The predicted molar refractivity (Wildman–Crippen MR) is 75.7 cm³/mol. The van der Waals surface area contributed by atoms with Gasteiger partial charge in [0.1, 0.15) is 11.5 Å². The van der Waals surface area contributed by atoms with E-state index in [1.807, 2.05) is 26.0 Å². The highest BCUT2D eigenvalue weighted by molar-refractivity contribution is 5.74. The van der Waals surface area contributed by atoms with E-state index in [1.165, 1.54) is 0 Å². The third kappa shape index (κ3) is 4.54. The van der Waals surface area contributed by atoms with Crippen LogP contribution in [0.5, 0.6) is 0 Å². The summed E-state index contributed by atoms with van der Waals surface area (Å²) in [4.78, 5) is 14.0. The number of nitrogens with one attached hydrogen (secondary N) is 2. The van der Waals surface area contributed by atoms with E-state index in [9.17, 15) is 4.79 Å². The largest absolute Gasteiger partial charge is 0.464 e. The van der Waals surface area contributed by atoms with Crippen LogP contribution >= 0.6 is 0 Å². The Balaban J connectivity index is 1.64. The number of nitrogens with zero attached hydrogens (tertiary/aromatic N) is 1. The van der Waals surface area contributed by atoms with E-state index in [4.69, 9.17) is 9.15 Å². The lowest BCUT2D eigenvalue weighted by Gasteiger charge is -2.26. The predicted octanol–water partition coefficient (Wildman–Crippen LogP) is 1.28. The van der Waals surface area contributed by atoms with Crippen molar-refractivity contribution in [2.45, 2.75) is 19.9 Å². The molecule has 20 heavy (non-hydrogen) atoms. The van der Waals surface area contributed by atoms with E-state index in [2.05, 4.69) is 15.5 Å². The van der Waals surface area contributed by atoms with Crippen molar-refractivity contribution in [1.29, 1.82) is 0 Å². The number of furan rings is 1. The molecular weight excluding hydrogens is 258 g/mol. The van der Waals surface area contributed by atoms with Crippen molar-refractivity contribution in [3.63, 3.8) is 0 Å². The third-order valence-corrected chi connectivity index (χ3v) is 3.35. The highest BCUT2D eigenvalue weighted by Crippen LogP contribution is 2.15. The standard InChI is InChI=1S/C14H23N3O3/c1-11-3-4-13(20-11)12(2)16-14(18)15-5-6-17-7-9-19-10-8-17/h3-4,12H,5-10H2,1-2H3,(H2,15,16,18)/t12-/m1/s1. The minimum atomic E-state index is -0.167. The Morgan fingerprint density at radius 1 is 1.40 bits per heavy atom. The van der Waals surface area contributed by atoms with Crippen LogP contribution < -0.4 is 10.6 Å². The first-order chi connectivity index (χ1) is 9.65. The SMILES string of the molecule is Cc1ccc([C@@H](C)NC(=O)NCCN2CCOCC2)o1. The van der Waals surface area contributed by atoms with E-state index >= 15 is 0 Å². The van der Waals surface area contributed by atoms with Gasteiger partial charge in [0.25, 0.3) is 0 Å². The second-order valence-electron chi connectivity index (χ2n) is 5.02. The Morgan fingerprint density at radius 2 is 2.15 bits per heavy atom. The molecule has 0 bridgehead atoms. The molecule has 6 nitrogen and oxygen atoms in total. The maximum atomic E-state index is 11.8. The molecule has 0 radical (unpaired) electrons. The molecule has 112 valence electrons. The number of amides is 2. The second-order valence-corrected chi connectivity index (χ2v) is 5.02. The molecule has 0 saturated carbocycles. The molecule has 1 aliphatic heterocycles. The molecule has 1 aromatic rings. The molecule has 2 amide bonds. The molecule has 1 fully saturated rings. The van der Waals surface area contributed by atoms with Gasteiger partial charge in [-0.1, -0.05) is 0 Å². The number of morpholine rings is 1. The normalized spacial score (nSPS) is 17.7. The summed E-state index contributed by atoms with van der Waals surface area (Å²) in [6, 6.07) is 3.48. The van der Waals surface area contributed by atoms with Crippen LogP contribution in [0.2, 0.25) is 0 Å². The molecule has 0 unspecified atom stereocenters. The first-order valence-corrected chi connectivity index (χ1v) is 7.06. The number of hydrogen-bond donors (Lipinski definition) is 2. The van der Waals surface area contributed by atoms with E-state index in [0.717, 1.165) is 44.4 Å². The van der Waals surface area contributed by atoms with Crippen LogP contribution in [0, 0.1) is 6.92 Å². The summed E-state index contributed by atoms with van der Waals surface area (Å²) < 4.78 is 10.8. The summed E-state index contributed by atoms with van der Waals surface area (Å²) in [5.74, 6) is 1.62. The zero-order valence-electron chi connectivity index (χ0n) is 12.1. The Labute approximate surface area is 119 Å². The zero-order valence-corrected chi connectivity index (χ0v) is 12.1. The summed E-state index contributed by atoms with van der Waals surface area (Å²) in [6.07, 6.45) is 0. The number of hydrogen-bond acceptors (Lipinski definition) is 4. The van der Waals surface area contributed by atoms with Gasteiger partial charge in [0, 0.05) is 26.2 Å². The van der Waals surface area contributed by atoms with Gasteiger partial charge in [-0.15, -0.1) is 0 Å². The maximum Gasteiger partial charge on any atom is 0.315 e. The molecule has 2 heterocycles. The maximum absolute atomic E-state index is 11.8. The van der Waals surface area contributed by atoms with E-state index in [-0.39, 0.29) is 12.1 Å². The van der Waals surface area contributed by atoms with Crippen molar-refractivity contribution in [2.75, 3.05) is 39.4 Å². The van der Waals surface area contributed by atoms with Crippen LogP contribution in [0.1, 0.15) is 24.5 Å². The smallest absolute Gasteiger partial charge is 0.315 e. The Bertz CT molecular complexity index is 427. The number of carbonyl (C=O) groups excluding carboxylic acids is 1. The third-order valence-electron chi connectivity index (χ3n) is 3.35. The van der Waals surface area contributed by atoms with Crippen LogP contribution in [0.25, 0.3) is 0 Å². The lowest BCUT2D eigenvalue weighted by Crippen LogP contribution is -2.44. The van der Waals surface area contributed by atoms with Crippen molar-refractivity contribution >= 4 is 6.03 Å². The fourth-order valence-electron chi connectivity index (χ4n) is 2.16. The average Bonchev–Trinajstić information content (AvgIpc) is 2.87. The van der Waals surface area contributed by atoms with Gasteiger partial charge >= 0.3 is 6.03 Å².